The largest absolute Gasteiger partial charge is 0.505 e. The monoisotopic (exact) mass is 462 g/mol. The summed E-state index contributed by atoms with van der Waals surface area (Å²) in [7, 11) is 5.04. The van der Waals surface area contributed by atoms with Crippen molar-refractivity contribution in [1.82, 2.24) is 19.2 Å². The second-order valence-corrected chi connectivity index (χ2v) is 8.38. The van der Waals surface area contributed by atoms with Crippen molar-refractivity contribution in [3.05, 3.63) is 76.7 Å². The molecule has 9 nitrogen and oxygen atoms in total. The van der Waals surface area contributed by atoms with E-state index in [4.69, 9.17) is 4.74 Å². The quantitative estimate of drug-likeness (QED) is 0.260. The zero-order valence-corrected chi connectivity index (χ0v) is 19.5. The third-order valence-corrected chi connectivity index (χ3v) is 5.90. The zero-order valence-electron chi connectivity index (χ0n) is 19.5. The van der Waals surface area contributed by atoms with Crippen LogP contribution in [-0.2, 0) is 14.3 Å². The van der Waals surface area contributed by atoms with Gasteiger partial charge in [-0.1, -0.05) is 18.2 Å². The van der Waals surface area contributed by atoms with E-state index in [1.165, 1.54) is 12.0 Å². The number of pyridine rings is 1. The second kappa shape index (κ2) is 9.11. The number of likely N-dealkylation sites (tertiary alicyclic amines) is 1. The smallest absolute Gasteiger partial charge is 0.337 e. The van der Waals surface area contributed by atoms with Gasteiger partial charge in [0.05, 0.1) is 30.0 Å². The summed E-state index contributed by atoms with van der Waals surface area (Å²) >= 11 is 0. The fourth-order valence-electron chi connectivity index (χ4n) is 4.21. The maximum absolute atomic E-state index is 13.2. The van der Waals surface area contributed by atoms with Crippen molar-refractivity contribution >= 4 is 29.1 Å². The number of methoxy groups -OCH3 is 1. The first-order valence-corrected chi connectivity index (χ1v) is 10.8. The molecule has 1 N–H and O–H groups in total. The molecule has 1 atom stereocenters. The first kappa shape index (κ1) is 23.2. The fourth-order valence-corrected chi connectivity index (χ4v) is 4.21. The summed E-state index contributed by atoms with van der Waals surface area (Å²) in [6, 6.07) is 11.1. The van der Waals surface area contributed by atoms with Crippen molar-refractivity contribution in [2.75, 3.05) is 34.3 Å². The van der Waals surface area contributed by atoms with Crippen LogP contribution in [0.25, 0.3) is 11.4 Å². The molecule has 3 heterocycles. The number of aliphatic hydroxyl groups excluding tert-OH is 1. The van der Waals surface area contributed by atoms with Crippen LogP contribution < -0.4 is 0 Å². The fraction of sp³-hybridized carbons (Fsp3) is 0.280. The lowest BCUT2D eigenvalue weighted by atomic mass is 9.95. The molecule has 1 fully saturated rings. The number of carbonyl (C=O) groups excluding carboxylic acids is 3. The maximum Gasteiger partial charge on any atom is 0.337 e. The number of fused-ring (bicyclic) bond motifs is 1. The summed E-state index contributed by atoms with van der Waals surface area (Å²) in [6.07, 6.45) is 1.74. The van der Waals surface area contributed by atoms with Crippen LogP contribution in [0.1, 0.15) is 33.4 Å². The number of hydrogen-bond donors (Lipinski definition) is 1. The van der Waals surface area contributed by atoms with Crippen LogP contribution >= 0.6 is 0 Å². The van der Waals surface area contributed by atoms with Crippen LogP contribution in [0.5, 0.6) is 0 Å². The summed E-state index contributed by atoms with van der Waals surface area (Å²) in [4.78, 5) is 46.0. The predicted molar refractivity (Wildman–Crippen MR) is 125 cm³/mol. The van der Waals surface area contributed by atoms with Crippen molar-refractivity contribution in [3.63, 3.8) is 0 Å². The van der Waals surface area contributed by atoms with E-state index in [9.17, 15) is 19.5 Å². The molecule has 2 aromatic heterocycles. The van der Waals surface area contributed by atoms with E-state index >= 15 is 0 Å². The Morgan fingerprint density at radius 1 is 1.15 bits per heavy atom. The van der Waals surface area contributed by atoms with Crippen LogP contribution in [0.2, 0.25) is 0 Å². The SMILES string of the molecule is COC(=O)c1ccc(C2C(=C(O)c3c(C)nc4ccccn34)C(=O)C(=O)N2CCN(C)C)cc1. The zero-order chi connectivity index (χ0) is 24.6. The summed E-state index contributed by atoms with van der Waals surface area (Å²) in [6.45, 7) is 2.55. The van der Waals surface area contributed by atoms with E-state index in [0.717, 1.165) is 0 Å². The van der Waals surface area contributed by atoms with Crippen molar-refractivity contribution in [2.24, 2.45) is 0 Å². The number of aryl methyl sites for hydroxylation is 1. The number of aromatic nitrogens is 2. The van der Waals surface area contributed by atoms with Gasteiger partial charge in [0, 0.05) is 19.3 Å². The number of rotatable bonds is 6. The number of amides is 1. The average Bonchev–Trinajstić information content (AvgIpc) is 3.29. The number of likely N-dealkylation sites (N-methyl/N-ethyl adjacent to an activating group) is 1. The summed E-state index contributed by atoms with van der Waals surface area (Å²) < 4.78 is 6.45. The van der Waals surface area contributed by atoms with Gasteiger partial charge in [0.2, 0.25) is 0 Å². The van der Waals surface area contributed by atoms with Crippen LogP contribution in [0.3, 0.4) is 0 Å². The molecule has 0 radical (unpaired) electrons. The van der Waals surface area contributed by atoms with Gasteiger partial charge in [0.25, 0.3) is 11.7 Å². The topological polar surface area (TPSA) is 104 Å². The number of aliphatic hydroxyl groups is 1. The number of nitrogens with zero attached hydrogens (tertiary/aromatic N) is 4. The third-order valence-electron chi connectivity index (χ3n) is 5.90. The molecule has 0 bridgehead atoms. The Morgan fingerprint density at radius 2 is 1.85 bits per heavy atom. The minimum absolute atomic E-state index is 0.0108. The second-order valence-electron chi connectivity index (χ2n) is 8.38. The predicted octanol–water partition coefficient (Wildman–Crippen LogP) is 2.41. The van der Waals surface area contributed by atoms with Gasteiger partial charge >= 0.3 is 5.97 Å². The number of ether oxygens (including phenoxy) is 1. The highest BCUT2D eigenvalue weighted by Crippen LogP contribution is 2.40. The number of benzene rings is 1. The molecule has 0 saturated carbocycles. The molecule has 3 aromatic rings. The van der Waals surface area contributed by atoms with Gasteiger partial charge in [0.15, 0.2) is 5.76 Å². The third kappa shape index (κ3) is 3.94. The molecule has 1 saturated heterocycles. The Hall–Kier alpha value is -3.98. The molecule has 9 heteroatoms. The van der Waals surface area contributed by atoms with Crippen molar-refractivity contribution < 1.29 is 24.2 Å². The molecule has 0 aliphatic carbocycles. The van der Waals surface area contributed by atoms with E-state index in [0.29, 0.717) is 34.7 Å². The van der Waals surface area contributed by atoms with Gasteiger partial charge < -0.3 is 19.6 Å². The molecule has 0 spiro atoms. The molecule has 1 amide bonds. The van der Waals surface area contributed by atoms with E-state index in [2.05, 4.69) is 4.98 Å². The van der Waals surface area contributed by atoms with Crippen LogP contribution in [0, 0.1) is 6.92 Å². The minimum atomic E-state index is -0.819. The number of esters is 1. The van der Waals surface area contributed by atoms with Crippen molar-refractivity contribution in [2.45, 2.75) is 13.0 Å². The lowest BCUT2D eigenvalue weighted by Gasteiger charge is -2.26. The molecule has 34 heavy (non-hydrogen) atoms. The van der Waals surface area contributed by atoms with Gasteiger partial charge in [-0.05, 0) is 50.8 Å². The van der Waals surface area contributed by atoms with Gasteiger partial charge in [-0.15, -0.1) is 0 Å². The first-order valence-electron chi connectivity index (χ1n) is 10.8. The molecule has 1 unspecified atom stereocenters. The van der Waals surface area contributed by atoms with E-state index < -0.39 is 23.7 Å². The average molecular weight is 463 g/mol. The lowest BCUT2D eigenvalue weighted by molar-refractivity contribution is -0.140. The highest BCUT2D eigenvalue weighted by atomic mass is 16.5. The Balaban J connectivity index is 1.89. The van der Waals surface area contributed by atoms with Gasteiger partial charge in [-0.3, -0.25) is 14.0 Å². The highest BCUT2D eigenvalue weighted by molar-refractivity contribution is 6.46. The summed E-state index contributed by atoms with van der Waals surface area (Å²) in [5.41, 5.74) is 2.43. The molecule has 4 rings (SSSR count). The Kier molecular flexibility index (Phi) is 6.21. The molecular weight excluding hydrogens is 436 g/mol. The molecule has 1 aliphatic heterocycles. The van der Waals surface area contributed by atoms with Crippen LogP contribution in [-0.4, -0.2) is 76.2 Å². The Labute approximate surface area is 196 Å². The van der Waals surface area contributed by atoms with E-state index in [1.807, 2.05) is 25.1 Å². The Bertz CT molecular complexity index is 1310. The lowest BCUT2D eigenvalue weighted by Crippen LogP contribution is -2.35. The number of hydrogen-bond acceptors (Lipinski definition) is 7. The normalized spacial score (nSPS) is 17.7. The minimum Gasteiger partial charge on any atom is -0.505 e. The van der Waals surface area contributed by atoms with Crippen LogP contribution in [0.4, 0.5) is 0 Å². The van der Waals surface area contributed by atoms with Crippen LogP contribution in [0.15, 0.2) is 54.2 Å². The number of Topliss-reactive ketones (excluding diaryl/α,β-unsaturated/α-hetero) is 1. The summed E-state index contributed by atoms with van der Waals surface area (Å²) in [5.74, 6) is -2.22. The molecular formula is C25H26N4O5. The molecule has 1 aliphatic rings. The van der Waals surface area contributed by atoms with Gasteiger partial charge in [-0.2, -0.15) is 0 Å². The van der Waals surface area contributed by atoms with Gasteiger partial charge in [0.1, 0.15) is 11.3 Å². The maximum atomic E-state index is 13.2. The number of carbonyl (C=O) groups is 3. The van der Waals surface area contributed by atoms with Crippen molar-refractivity contribution in [3.8, 4) is 0 Å². The molecule has 176 valence electrons. The highest BCUT2D eigenvalue weighted by Gasteiger charge is 2.46. The molecule has 1 aromatic carbocycles. The van der Waals surface area contributed by atoms with E-state index in [-0.39, 0.29) is 17.9 Å². The summed E-state index contributed by atoms with van der Waals surface area (Å²) in [5, 5.41) is 11.4. The van der Waals surface area contributed by atoms with Gasteiger partial charge in [-0.25, -0.2) is 9.78 Å². The standard InChI is InChI=1S/C25H26N4O5/c1-15-20(28-12-6-5-7-18(28)26-15)22(30)19-21(16-8-10-17(11-9-16)25(33)34-4)29(14-13-27(2)3)24(32)23(19)31/h5-12,21,30H,13-14H2,1-4H3. The number of imidazole rings is 1. The number of ketones is 1. The van der Waals surface area contributed by atoms with E-state index in [1.54, 1.807) is 53.9 Å². The Morgan fingerprint density at radius 3 is 2.50 bits per heavy atom. The first-order chi connectivity index (χ1) is 16.2. The van der Waals surface area contributed by atoms with Crippen molar-refractivity contribution in [1.29, 1.82) is 0 Å².